The first-order valence-corrected chi connectivity index (χ1v) is 4.88. The van der Waals surface area contributed by atoms with Crippen molar-refractivity contribution >= 4 is 5.91 Å². The molecular weight excluding hydrogens is 150 g/mol. The van der Waals surface area contributed by atoms with Crippen LogP contribution in [0.25, 0.3) is 0 Å². The normalized spacial score (nSPS) is 47.0. The van der Waals surface area contributed by atoms with Crippen molar-refractivity contribution in [3.8, 4) is 0 Å². The maximum absolute atomic E-state index is 11.1. The second-order valence-electron chi connectivity index (χ2n) is 4.82. The Morgan fingerprint density at radius 2 is 1.92 bits per heavy atom. The summed E-state index contributed by atoms with van der Waals surface area (Å²) in [7, 11) is 0. The fourth-order valence-electron chi connectivity index (χ4n) is 2.89. The van der Waals surface area contributed by atoms with Crippen LogP contribution in [0.15, 0.2) is 0 Å². The quantitative estimate of drug-likeness (QED) is 0.583. The fourth-order valence-corrected chi connectivity index (χ4v) is 2.89. The summed E-state index contributed by atoms with van der Waals surface area (Å²) in [6.45, 7) is 5.55. The highest BCUT2D eigenvalue weighted by molar-refractivity contribution is 5.79. The highest BCUT2D eigenvalue weighted by Crippen LogP contribution is 2.48. The van der Waals surface area contributed by atoms with Crippen LogP contribution in [-0.2, 0) is 4.79 Å². The molecule has 0 bridgehead atoms. The van der Waals surface area contributed by atoms with Crippen molar-refractivity contribution in [2.75, 3.05) is 6.54 Å². The number of nitrogens with one attached hydrogen (secondary N) is 1. The zero-order chi connectivity index (χ0) is 8.77. The van der Waals surface area contributed by atoms with Gasteiger partial charge < -0.3 is 5.32 Å². The molecule has 0 aromatic rings. The van der Waals surface area contributed by atoms with Crippen LogP contribution in [0.4, 0.5) is 0 Å². The van der Waals surface area contributed by atoms with E-state index in [1.807, 2.05) is 0 Å². The lowest BCUT2D eigenvalue weighted by Crippen LogP contribution is -2.20. The van der Waals surface area contributed by atoms with Gasteiger partial charge in [0.2, 0.25) is 5.91 Å². The van der Waals surface area contributed by atoms with Crippen LogP contribution in [0.1, 0.15) is 33.1 Å². The van der Waals surface area contributed by atoms with Gasteiger partial charge in [0.25, 0.3) is 0 Å². The van der Waals surface area contributed by atoms with Crippen LogP contribution in [0.3, 0.4) is 0 Å². The average molecular weight is 167 g/mol. The molecule has 2 rings (SSSR count). The second kappa shape index (κ2) is 2.48. The summed E-state index contributed by atoms with van der Waals surface area (Å²) < 4.78 is 0. The van der Waals surface area contributed by atoms with Crippen molar-refractivity contribution in [1.82, 2.24) is 5.32 Å². The average Bonchev–Trinajstić information content (AvgIpc) is 2.42. The minimum atomic E-state index is 0.260. The Morgan fingerprint density at radius 1 is 1.33 bits per heavy atom. The second-order valence-corrected chi connectivity index (χ2v) is 4.82. The van der Waals surface area contributed by atoms with Crippen molar-refractivity contribution in [3.05, 3.63) is 0 Å². The van der Waals surface area contributed by atoms with Gasteiger partial charge in [-0.1, -0.05) is 13.8 Å². The largest absolute Gasteiger partial charge is 0.356 e. The van der Waals surface area contributed by atoms with Crippen molar-refractivity contribution in [2.45, 2.75) is 33.1 Å². The topological polar surface area (TPSA) is 29.1 Å². The number of carbonyl (C=O) groups is 1. The third-order valence-electron chi connectivity index (χ3n) is 3.68. The molecule has 3 atom stereocenters. The van der Waals surface area contributed by atoms with Gasteiger partial charge in [-0.05, 0) is 30.1 Å². The van der Waals surface area contributed by atoms with Gasteiger partial charge in [0.1, 0.15) is 0 Å². The number of carbonyl (C=O) groups excluding carboxylic acids is 1. The van der Waals surface area contributed by atoms with E-state index in [1.54, 1.807) is 0 Å². The van der Waals surface area contributed by atoms with Gasteiger partial charge in [-0.3, -0.25) is 4.79 Å². The Bertz CT molecular complexity index is 202. The van der Waals surface area contributed by atoms with Crippen molar-refractivity contribution in [1.29, 1.82) is 0 Å². The first-order valence-electron chi connectivity index (χ1n) is 4.88. The molecule has 0 radical (unpaired) electrons. The summed E-state index contributed by atoms with van der Waals surface area (Å²) in [5.74, 6) is 1.87. The van der Waals surface area contributed by atoms with Crippen molar-refractivity contribution in [2.24, 2.45) is 17.3 Å². The molecule has 2 aliphatic rings. The smallest absolute Gasteiger partial charge is 0.220 e. The molecule has 12 heavy (non-hydrogen) atoms. The molecular formula is C10H17NO. The van der Waals surface area contributed by atoms with Crippen LogP contribution in [-0.4, -0.2) is 12.5 Å². The van der Waals surface area contributed by atoms with Crippen molar-refractivity contribution < 1.29 is 4.79 Å². The Kier molecular flexibility index (Phi) is 1.67. The molecule has 1 spiro atoms. The Hall–Kier alpha value is -0.530. The lowest BCUT2D eigenvalue weighted by atomic mass is 9.84. The summed E-state index contributed by atoms with van der Waals surface area (Å²) in [6.07, 6.45) is 3.27. The molecule has 2 fully saturated rings. The predicted octanol–water partition coefficient (Wildman–Crippen LogP) is 1.56. The molecule has 1 saturated carbocycles. The summed E-state index contributed by atoms with van der Waals surface area (Å²) in [6, 6.07) is 0. The molecule has 1 N–H and O–H groups in total. The Balaban J connectivity index is 2.10. The van der Waals surface area contributed by atoms with E-state index < -0.39 is 0 Å². The summed E-state index contributed by atoms with van der Waals surface area (Å²) in [5, 5.41) is 2.95. The maximum Gasteiger partial charge on any atom is 0.220 e. The monoisotopic (exact) mass is 167 g/mol. The van der Waals surface area contributed by atoms with E-state index in [-0.39, 0.29) is 5.91 Å². The minimum absolute atomic E-state index is 0.260. The standard InChI is InChI=1S/C10H17NO/c1-7-3-10(4-8(7)2)5-9(12)11-6-10/h7-8H,3-6H2,1-2H3,(H,11,12)/t7-,8?,10?/m0/s1. The van der Waals surface area contributed by atoms with Gasteiger partial charge in [0, 0.05) is 13.0 Å². The lowest BCUT2D eigenvalue weighted by Gasteiger charge is -2.19. The van der Waals surface area contributed by atoms with Crippen LogP contribution >= 0.6 is 0 Å². The summed E-state index contributed by atoms with van der Waals surface area (Å²) in [5.41, 5.74) is 0.343. The maximum atomic E-state index is 11.1. The number of rotatable bonds is 0. The fraction of sp³-hybridized carbons (Fsp3) is 0.900. The van der Waals surface area contributed by atoms with E-state index >= 15 is 0 Å². The van der Waals surface area contributed by atoms with Gasteiger partial charge in [-0.2, -0.15) is 0 Å². The van der Waals surface area contributed by atoms with E-state index in [0.29, 0.717) is 5.41 Å². The molecule has 1 amide bonds. The van der Waals surface area contributed by atoms with Crippen molar-refractivity contribution in [3.63, 3.8) is 0 Å². The molecule has 1 aliphatic heterocycles. The third kappa shape index (κ3) is 1.13. The molecule has 68 valence electrons. The zero-order valence-electron chi connectivity index (χ0n) is 7.89. The molecule has 2 unspecified atom stereocenters. The van der Waals surface area contributed by atoms with Gasteiger partial charge >= 0.3 is 0 Å². The molecule has 1 heterocycles. The summed E-state index contributed by atoms with van der Waals surface area (Å²) in [4.78, 5) is 11.1. The highest BCUT2D eigenvalue weighted by Gasteiger charge is 2.46. The third-order valence-corrected chi connectivity index (χ3v) is 3.68. The number of hydrogen-bond donors (Lipinski definition) is 1. The highest BCUT2D eigenvalue weighted by atomic mass is 16.1. The first kappa shape index (κ1) is 8.09. The Labute approximate surface area is 73.7 Å². The SMILES string of the molecule is CC1CC2(CNC(=O)C2)C[C@@H]1C. The molecule has 1 aliphatic carbocycles. The Morgan fingerprint density at radius 3 is 2.33 bits per heavy atom. The molecule has 2 nitrogen and oxygen atoms in total. The van der Waals surface area contributed by atoms with Gasteiger partial charge in [0.15, 0.2) is 0 Å². The van der Waals surface area contributed by atoms with E-state index in [4.69, 9.17) is 0 Å². The molecule has 0 aromatic heterocycles. The van der Waals surface area contributed by atoms with Crippen LogP contribution < -0.4 is 5.32 Å². The minimum Gasteiger partial charge on any atom is -0.356 e. The van der Waals surface area contributed by atoms with Crippen LogP contribution in [0.5, 0.6) is 0 Å². The molecule has 1 saturated heterocycles. The van der Waals surface area contributed by atoms with Gasteiger partial charge in [0.05, 0.1) is 0 Å². The predicted molar refractivity (Wildman–Crippen MR) is 47.6 cm³/mol. The number of amides is 1. The molecule has 2 heteroatoms. The number of hydrogen-bond acceptors (Lipinski definition) is 1. The zero-order valence-corrected chi connectivity index (χ0v) is 7.89. The van der Waals surface area contributed by atoms with Crippen LogP contribution in [0.2, 0.25) is 0 Å². The van der Waals surface area contributed by atoms with E-state index in [9.17, 15) is 4.79 Å². The van der Waals surface area contributed by atoms with E-state index in [2.05, 4.69) is 19.2 Å². The lowest BCUT2D eigenvalue weighted by molar-refractivity contribution is -0.119. The first-order chi connectivity index (χ1) is 5.61. The van der Waals surface area contributed by atoms with E-state index in [0.717, 1.165) is 24.8 Å². The summed E-state index contributed by atoms with van der Waals surface area (Å²) >= 11 is 0. The van der Waals surface area contributed by atoms with Gasteiger partial charge in [-0.15, -0.1) is 0 Å². The van der Waals surface area contributed by atoms with Gasteiger partial charge in [-0.25, -0.2) is 0 Å². The van der Waals surface area contributed by atoms with E-state index in [1.165, 1.54) is 12.8 Å². The molecule has 0 aromatic carbocycles. The van der Waals surface area contributed by atoms with Crippen LogP contribution in [0, 0.1) is 17.3 Å².